The number of amides is 2. The molecule has 2 amide bonds. The van der Waals surface area contributed by atoms with Gasteiger partial charge in [-0.05, 0) is 29.7 Å². The molecule has 166 valence electrons. The number of hydrogen-bond donors (Lipinski definition) is 1. The van der Waals surface area contributed by atoms with Crippen molar-refractivity contribution in [3.05, 3.63) is 71.5 Å². The highest BCUT2D eigenvalue weighted by Crippen LogP contribution is 2.08. The second kappa shape index (κ2) is 12.2. The van der Waals surface area contributed by atoms with E-state index in [1.807, 2.05) is 35.2 Å². The van der Waals surface area contributed by atoms with Crippen molar-refractivity contribution in [1.29, 1.82) is 0 Å². The third-order valence-corrected chi connectivity index (χ3v) is 5.26. The Kier molecular flexibility index (Phi) is 8.99. The maximum absolute atomic E-state index is 13.0. The van der Waals surface area contributed by atoms with Crippen molar-refractivity contribution in [2.45, 2.75) is 19.4 Å². The first-order valence-electron chi connectivity index (χ1n) is 10.7. The van der Waals surface area contributed by atoms with Crippen molar-refractivity contribution in [3.8, 4) is 0 Å². The van der Waals surface area contributed by atoms with Crippen molar-refractivity contribution in [1.82, 2.24) is 15.1 Å². The first-order valence-corrected chi connectivity index (χ1v) is 10.7. The van der Waals surface area contributed by atoms with E-state index in [-0.39, 0.29) is 24.1 Å². The predicted molar refractivity (Wildman–Crippen MR) is 117 cm³/mol. The monoisotopic (exact) mass is 427 g/mol. The van der Waals surface area contributed by atoms with Crippen LogP contribution in [0.15, 0.2) is 54.6 Å². The highest BCUT2D eigenvalue weighted by Gasteiger charge is 2.22. The SMILES string of the molecule is O=C(CN1CCN(C(=O)Cc2ccc(F)cc2)CC1)NCCCOCc1ccccc1. The minimum Gasteiger partial charge on any atom is -0.377 e. The van der Waals surface area contributed by atoms with Crippen LogP contribution in [0, 0.1) is 5.82 Å². The number of piperazine rings is 1. The average Bonchev–Trinajstić information content (AvgIpc) is 2.79. The summed E-state index contributed by atoms with van der Waals surface area (Å²) in [7, 11) is 0. The summed E-state index contributed by atoms with van der Waals surface area (Å²) in [4.78, 5) is 28.4. The summed E-state index contributed by atoms with van der Waals surface area (Å²) < 4.78 is 18.6. The number of nitrogens with zero attached hydrogens (tertiary/aromatic N) is 2. The lowest BCUT2D eigenvalue weighted by Crippen LogP contribution is -2.51. The van der Waals surface area contributed by atoms with Crippen molar-refractivity contribution in [2.24, 2.45) is 0 Å². The van der Waals surface area contributed by atoms with Crippen molar-refractivity contribution < 1.29 is 18.7 Å². The molecule has 1 saturated heterocycles. The van der Waals surface area contributed by atoms with Gasteiger partial charge in [0.25, 0.3) is 0 Å². The topological polar surface area (TPSA) is 61.9 Å². The average molecular weight is 428 g/mol. The molecule has 0 atom stereocenters. The number of halogens is 1. The Hall–Kier alpha value is -2.77. The molecule has 2 aromatic carbocycles. The molecule has 6 nitrogen and oxygen atoms in total. The lowest BCUT2D eigenvalue weighted by atomic mass is 10.1. The van der Waals surface area contributed by atoms with E-state index in [2.05, 4.69) is 10.2 Å². The van der Waals surface area contributed by atoms with Gasteiger partial charge in [0, 0.05) is 39.3 Å². The third kappa shape index (κ3) is 8.11. The Balaban J connectivity index is 1.25. The minimum atomic E-state index is -0.303. The molecule has 0 radical (unpaired) electrons. The van der Waals surface area contributed by atoms with E-state index >= 15 is 0 Å². The highest BCUT2D eigenvalue weighted by atomic mass is 19.1. The van der Waals surface area contributed by atoms with Crippen LogP contribution in [0.2, 0.25) is 0 Å². The molecule has 1 fully saturated rings. The Bertz CT molecular complexity index is 822. The molecule has 7 heteroatoms. The Morgan fingerprint density at radius 2 is 1.65 bits per heavy atom. The zero-order valence-electron chi connectivity index (χ0n) is 17.8. The fourth-order valence-corrected chi connectivity index (χ4v) is 3.47. The highest BCUT2D eigenvalue weighted by molar-refractivity contribution is 5.79. The van der Waals surface area contributed by atoms with E-state index in [0.29, 0.717) is 52.5 Å². The van der Waals surface area contributed by atoms with Crippen LogP contribution in [-0.4, -0.2) is 67.5 Å². The number of benzene rings is 2. The normalized spacial score (nSPS) is 14.4. The van der Waals surface area contributed by atoms with E-state index in [4.69, 9.17) is 4.74 Å². The fraction of sp³-hybridized carbons (Fsp3) is 0.417. The van der Waals surface area contributed by atoms with Gasteiger partial charge < -0.3 is 15.0 Å². The lowest BCUT2D eigenvalue weighted by Gasteiger charge is -2.34. The molecule has 0 aliphatic carbocycles. The number of nitrogens with one attached hydrogen (secondary N) is 1. The van der Waals surface area contributed by atoms with E-state index in [0.717, 1.165) is 17.5 Å². The molecule has 0 unspecified atom stereocenters. The number of ether oxygens (including phenoxy) is 1. The van der Waals surface area contributed by atoms with Gasteiger partial charge in [0.1, 0.15) is 5.82 Å². The number of carbonyl (C=O) groups excluding carboxylic acids is 2. The third-order valence-electron chi connectivity index (χ3n) is 5.26. The van der Waals surface area contributed by atoms with Crippen molar-refractivity contribution in [2.75, 3.05) is 45.9 Å². The van der Waals surface area contributed by atoms with Gasteiger partial charge in [-0.2, -0.15) is 0 Å². The first kappa shape index (κ1) is 22.9. The van der Waals surface area contributed by atoms with Gasteiger partial charge in [-0.15, -0.1) is 0 Å². The summed E-state index contributed by atoms with van der Waals surface area (Å²) in [6.45, 7) is 4.64. The summed E-state index contributed by atoms with van der Waals surface area (Å²) >= 11 is 0. The molecule has 0 saturated carbocycles. The molecular weight excluding hydrogens is 397 g/mol. The van der Waals surface area contributed by atoms with Gasteiger partial charge in [-0.25, -0.2) is 4.39 Å². The van der Waals surface area contributed by atoms with Gasteiger partial charge in [-0.3, -0.25) is 14.5 Å². The summed E-state index contributed by atoms with van der Waals surface area (Å²) in [6, 6.07) is 16.0. The summed E-state index contributed by atoms with van der Waals surface area (Å²) in [6.07, 6.45) is 1.04. The quantitative estimate of drug-likeness (QED) is 0.591. The largest absolute Gasteiger partial charge is 0.377 e. The maximum Gasteiger partial charge on any atom is 0.234 e. The molecule has 0 bridgehead atoms. The fourth-order valence-electron chi connectivity index (χ4n) is 3.47. The van der Waals surface area contributed by atoms with Gasteiger partial charge in [0.15, 0.2) is 0 Å². The number of carbonyl (C=O) groups is 2. The summed E-state index contributed by atoms with van der Waals surface area (Å²) in [5, 5.41) is 2.93. The maximum atomic E-state index is 13.0. The van der Waals surface area contributed by atoms with E-state index in [1.54, 1.807) is 12.1 Å². The van der Waals surface area contributed by atoms with Crippen LogP contribution in [-0.2, 0) is 27.4 Å². The summed E-state index contributed by atoms with van der Waals surface area (Å²) in [5.74, 6) is -0.275. The Morgan fingerprint density at radius 1 is 0.935 bits per heavy atom. The molecule has 31 heavy (non-hydrogen) atoms. The van der Waals surface area contributed by atoms with Crippen LogP contribution in [0.5, 0.6) is 0 Å². The number of rotatable bonds is 10. The van der Waals surface area contributed by atoms with E-state index in [9.17, 15) is 14.0 Å². The van der Waals surface area contributed by atoms with E-state index in [1.165, 1.54) is 12.1 Å². The first-order chi connectivity index (χ1) is 15.1. The predicted octanol–water partition coefficient (Wildman–Crippen LogP) is 2.24. The molecular formula is C24H30FN3O3. The van der Waals surface area contributed by atoms with Crippen molar-refractivity contribution in [3.63, 3.8) is 0 Å². The minimum absolute atomic E-state index is 0.00542. The van der Waals surface area contributed by atoms with Gasteiger partial charge in [0.2, 0.25) is 11.8 Å². The van der Waals surface area contributed by atoms with Crippen molar-refractivity contribution >= 4 is 11.8 Å². The second-order valence-electron chi connectivity index (χ2n) is 7.70. The molecule has 1 aliphatic rings. The van der Waals surface area contributed by atoms with Gasteiger partial charge in [0.05, 0.1) is 19.6 Å². The molecule has 1 aliphatic heterocycles. The molecule has 0 aromatic heterocycles. The second-order valence-corrected chi connectivity index (χ2v) is 7.70. The number of hydrogen-bond acceptors (Lipinski definition) is 4. The van der Waals surface area contributed by atoms with E-state index < -0.39 is 0 Å². The molecule has 1 heterocycles. The van der Waals surface area contributed by atoms with Gasteiger partial charge >= 0.3 is 0 Å². The Labute approximate surface area is 183 Å². The zero-order chi connectivity index (χ0) is 21.9. The summed E-state index contributed by atoms with van der Waals surface area (Å²) in [5.41, 5.74) is 1.95. The molecule has 0 spiro atoms. The van der Waals surface area contributed by atoms with Crippen LogP contribution in [0.1, 0.15) is 17.5 Å². The zero-order valence-corrected chi connectivity index (χ0v) is 17.8. The standard InChI is InChI=1S/C24H30FN3O3/c25-22-9-7-20(8-10-22)17-24(30)28-14-12-27(13-15-28)18-23(29)26-11-4-16-31-19-21-5-2-1-3-6-21/h1-3,5-10H,4,11-19H2,(H,26,29). The van der Waals surface area contributed by atoms with Crippen LogP contribution < -0.4 is 5.32 Å². The van der Waals surface area contributed by atoms with Crippen LogP contribution in [0.4, 0.5) is 4.39 Å². The van der Waals surface area contributed by atoms with Gasteiger partial charge in [-0.1, -0.05) is 42.5 Å². The van der Waals surface area contributed by atoms with Crippen LogP contribution in [0.25, 0.3) is 0 Å². The molecule has 2 aromatic rings. The molecule has 1 N–H and O–H groups in total. The molecule has 3 rings (SSSR count). The van der Waals surface area contributed by atoms with Crippen LogP contribution >= 0.6 is 0 Å². The van der Waals surface area contributed by atoms with Crippen LogP contribution in [0.3, 0.4) is 0 Å². The smallest absolute Gasteiger partial charge is 0.234 e. The lowest BCUT2D eigenvalue weighted by molar-refractivity contribution is -0.132. The Morgan fingerprint density at radius 3 is 2.35 bits per heavy atom.